The summed E-state index contributed by atoms with van der Waals surface area (Å²) in [7, 11) is 4.01. The van der Waals surface area contributed by atoms with E-state index in [1.54, 1.807) is 12.1 Å². The van der Waals surface area contributed by atoms with Crippen LogP contribution >= 0.6 is 0 Å². The number of ketones is 2. The number of benzene rings is 3. The maximum atomic E-state index is 13.5. The fourth-order valence-corrected chi connectivity index (χ4v) is 4.12. The molecular formula is C31H32N4O2. The van der Waals surface area contributed by atoms with Gasteiger partial charge in [0, 0.05) is 43.1 Å². The number of nitrogens with one attached hydrogen (secondary N) is 1. The molecule has 1 N–H and O–H groups in total. The van der Waals surface area contributed by atoms with Crippen molar-refractivity contribution < 1.29 is 9.59 Å². The number of Topliss-reactive ketones (excluding diaryl/α,β-unsaturated/α-hetero) is 2. The summed E-state index contributed by atoms with van der Waals surface area (Å²) in [5.41, 5.74) is 4.50. The van der Waals surface area contributed by atoms with E-state index < -0.39 is 0 Å². The molecule has 0 bridgehead atoms. The van der Waals surface area contributed by atoms with Crippen LogP contribution in [0.25, 0.3) is 11.4 Å². The lowest BCUT2D eigenvalue weighted by molar-refractivity contribution is 0.0986. The zero-order valence-corrected chi connectivity index (χ0v) is 21.6. The van der Waals surface area contributed by atoms with Crippen LogP contribution in [0.4, 0.5) is 5.82 Å². The van der Waals surface area contributed by atoms with Gasteiger partial charge in [-0.15, -0.1) is 0 Å². The van der Waals surface area contributed by atoms with Crippen LogP contribution in [0.1, 0.15) is 37.5 Å². The third kappa shape index (κ3) is 7.18. The summed E-state index contributed by atoms with van der Waals surface area (Å²) >= 11 is 0. The Bertz CT molecular complexity index is 1380. The van der Waals surface area contributed by atoms with Crippen molar-refractivity contribution in [3.8, 4) is 11.4 Å². The lowest BCUT2D eigenvalue weighted by Crippen LogP contribution is -2.21. The summed E-state index contributed by atoms with van der Waals surface area (Å²) in [6, 6.07) is 26.6. The molecule has 188 valence electrons. The first-order valence-corrected chi connectivity index (χ1v) is 12.4. The molecule has 3 aromatic carbocycles. The standard InChI is InChI=1S/C31H32N4O2/c1-22-10-9-11-23(18-22)19-28(36)26-15-8-7-14-25(26)20-29(37)27-21-30(32-16-17-35(2)3)34-31(33-27)24-12-5-4-6-13-24/h4-15,18,21H,16-17,19-20H2,1-3H3,(H,32,33,34). The van der Waals surface area contributed by atoms with E-state index in [1.165, 1.54) is 0 Å². The van der Waals surface area contributed by atoms with Gasteiger partial charge in [0.1, 0.15) is 11.5 Å². The molecular weight excluding hydrogens is 460 g/mol. The van der Waals surface area contributed by atoms with Gasteiger partial charge in [-0.3, -0.25) is 9.59 Å². The molecule has 6 heteroatoms. The number of rotatable bonds is 11. The molecule has 0 amide bonds. The minimum Gasteiger partial charge on any atom is -0.369 e. The lowest BCUT2D eigenvalue weighted by atomic mass is 9.94. The van der Waals surface area contributed by atoms with Gasteiger partial charge in [-0.25, -0.2) is 9.97 Å². The fraction of sp³-hybridized carbons (Fsp3) is 0.226. The largest absolute Gasteiger partial charge is 0.369 e. The molecule has 1 heterocycles. The third-order valence-corrected chi connectivity index (χ3v) is 6.02. The zero-order valence-electron chi connectivity index (χ0n) is 21.6. The number of aryl methyl sites for hydroxylation is 1. The maximum Gasteiger partial charge on any atom is 0.185 e. The van der Waals surface area contributed by atoms with E-state index >= 15 is 0 Å². The quantitative estimate of drug-likeness (QED) is 0.287. The molecule has 0 atom stereocenters. The first-order valence-electron chi connectivity index (χ1n) is 12.4. The normalized spacial score (nSPS) is 10.9. The van der Waals surface area contributed by atoms with Crippen LogP contribution in [0.2, 0.25) is 0 Å². The van der Waals surface area contributed by atoms with Crippen molar-refractivity contribution in [3.05, 3.63) is 113 Å². The van der Waals surface area contributed by atoms with Crippen molar-refractivity contribution in [1.82, 2.24) is 14.9 Å². The van der Waals surface area contributed by atoms with E-state index in [0.717, 1.165) is 23.2 Å². The topological polar surface area (TPSA) is 75.2 Å². The van der Waals surface area contributed by atoms with E-state index in [2.05, 4.69) is 20.2 Å². The predicted octanol–water partition coefficient (Wildman–Crippen LogP) is 5.28. The Balaban J connectivity index is 1.59. The molecule has 0 aliphatic carbocycles. The molecule has 0 saturated heterocycles. The van der Waals surface area contributed by atoms with Crippen LogP contribution in [-0.2, 0) is 12.8 Å². The summed E-state index contributed by atoms with van der Waals surface area (Å²) < 4.78 is 0. The van der Waals surface area contributed by atoms with E-state index in [4.69, 9.17) is 0 Å². The summed E-state index contributed by atoms with van der Waals surface area (Å²) in [4.78, 5) is 38.0. The van der Waals surface area contributed by atoms with Crippen LogP contribution < -0.4 is 5.32 Å². The molecule has 1 aromatic heterocycles. The molecule has 0 saturated carbocycles. The Kier molecular flexibility index (Phi) is 8.54. The molecule has 0 aliphatic rings. The number of carbonyl (C=O) groups is 2. The lowest BCUT2D eigenvalue weighted by Gasteiger charge is -2.13. The van der Waals surface area contributed by atoms with Crippen molar-refractivity contribution in [1.29, 1.82) is 0 Å². The third-order valence-electron chi connectivity index (χ3n) is 6.02. The average molecular weight is 493 g/mol. The highest BCUT2D eigenvalue weighted by atomic mass is 16.1. The highest BCUT2D eigenvalue weighted by molar-refractivity contribution is 6.02. The molecule has 4 aromatic rings. The van der Waals surface area contributed by atoms with Gasteiger partial charge in [0.2, 0.25) is 0 Å². The molecule has 6 nitrogen and oxygen atoms in total. The van der Waals surface area contributed by atoms with Crippen LogP contribution in [0, 0.1) is 6.92 Å². The SMILES string of the molecule is Cc1cccc(CC(=O)c2ccccc2CC(=O)c2cc(NCCN(C)C)nc(-c3ccccc3)n2)c1. The van der Waals surface area contributed by atoms with Gasteiger partial charge in [0.25, 0.3) is 0 Å². The van der Waals surface area contributed by atoms with Crippen molar-refractivity contribution in [2.75, 3.05) is 32.5 Å². The van der Waals surface area contributed by atoms with Crippen molar-refractivity contribution >= 4 is 17.4 Å². The summed E-state index contributed by atoms with van der Waals surface area (Å²) in [6.07, 6.45) is 0.372. The Morgan fingerprint density at radius 2 is 1.57 bits per heavy atom. The molecule has 0 radical (unpaired) electrons. The summed E-state index contributed by atoms with van der Waals surface area (Å²) in [5.74, 6) is 0.921. The molecule has 0 aliphatic heterocycles. The van der Waals surface area contributed by atoms with E-state index in [-0.39, 0.29) is 18.0 Å². The van der Waals surface area contributed by atoms with Crippen molar-refractivity contribution in [3.63, 3.8) is 0 Å². The van der Waals surface area contributed by atoms with Gasteiger partial charge in [-0.1, -0.05) is 84.4 Å². The molecule has 0 unspecified atom stereocenters. The first kappa shape index (κ1) is 25.9. The number of likely N-dealkylation sites (N-methyl/N-ethyl adjacent to an activating group) is 1. The zero-order chi connectivity index (χ0) is 26.2. The number of aromatic nitrogens is 2. The molecule has 4 rings (SSSR count). The van der Waals surface area contributed by atoms with Crippen molar-refractivity contribution in [2.24, 2.45) is 0 Å². The van der Waals surface area contributed by atoms with Gasteiger partial charge in [0.15, 0.2) is 17.4 Å². The number of hydrogen-bond donors (Lipinski definition) is 1. The van der Waals surface area contributed by atoms with E-state index in [0.29, 0.717) is 41.4 Å². The van der Waals surface area contributed by atoms with Crippen LogP contribution in [0.15, 0.2) is 84.9 Å². The number of nitrogens with zero attached hydrogens (tertiary/aromatic N) is 3. The highest BCUT2D eigenvalue weighted by Crippen LogP contribution is 2.20. The van der Waals surface area contributed by atoms with Gasteiger partial charge < -0.3 is 10.2 Å². The summed E-state index contributed by atoms with van der Waals surface area (Å²) in [6.45, 7) is 3.52. The molecule has 37 heavy (non-hydrogen) atoms. The van der Waals surface area contributed by atoms with Gasteiger partial charge in [-0.2, -0.15) is 0 Å². The Labute approximate surface area is 218 Å². The Morgan fingerprint density at radius 1 is 0.811 bits per heavy atom. The predicted molar refractivity (Wildman–Crippen MR) is 148 cm³/mol. The fourth-order valence-electron chi connectivity index (χ4n) is 4.12. The second kappa shape index (κ2) is 12.2. The second-order valence-electron chi connectivity index (χ2n) is 9.40. The van der Waals surface area contributed by atoms with Gasteiger partial charge >= 0.3 is 0 Å². The monoisotopic (exact) mass is 492 g/mol. The van der Waals surface area contributed by atoms with E-state index in [1.807, 2.05) is 93.8 Å². The first-order chi connectivity index (χ1) is 17.9. The summed E-state index contributed by atoms with van der Waals surface area (Å²) in [5, 5.41) is 3.31. The highest BCUT2D eigenvalue weighted by Gasteiger charge is 2.18. The maximum absolute atomic E-state index is 13.5. The molecule has 0 spiro atoms. The van der Waals surface area contributed by atoms with Crippen LogP contribution in [0.5, 0.6) is 0 Å². The van der Waals surface area contributed by atoms with E-state index in [9.17, 15) is 9.59 Å². The Morgan fingerprint density at radius 3 is 2.32 bits per heavy atom. The van der Waals surface area contributed by atoms with Gasteiger partial charge in [0.05, 0.1) is 0 Å². The minimum absolute atomic E-state index is 0.00676. The number of hydrogen-bond acceptors (Lipinski definition) is 6. The smallest absolute Gasteiger partial charge is 0.185 e. The average Bonchev–Trinajstić information content (AvgIpc) is 2.89. The van der Waals surface area contributed by atoms with Crippen molar-refractivity contribution in [2.45, 2.75) is 19.8 Å². The van der Waals surface area contributed by atoms with Crippen LogP contribution in [0.3, 0.4) is 0 Å². The van der Waals surface area contributed by atoms with Gasteiger partial charge in [-0.05, 0) is 32.1 Å². The number of carbonyl (C=O) groups excluding carboxylic acids is 2. The number of anilines is 1. The minimum atomic E-state index is -0.161. The molecule has 0 fully saturated rings. The van der Waals surface area contributed by atoms with Crippen LogP contribution in [-0.4, -0.2) is 53.6 Å². The second-order valence-corrected chi connectivity index (χ2v) is 9.40. The Hall–Kier alpha value is -4.16.